The summed E-state index contributed by atoms with van der Waals surface area (Å²) in [4.78, 5) is 15.1. The third-order valence-electron chi connectivity index (χ3n) is 5.08. The molecular formula is C21H26N2O4S. The standard InChI is InChI=1S/C21H26N2O4S/c1-3-23(18-9-5-4-6-10-18)21(24)17-8-7-15-22(16-17)28(25,26)20-13-11-19(27-2)12-14-20/h4-6,9-14,17H,3,7-8,15-16H2,1-2H3. The number of ether oxygens (including phenoxy) is 1. The molecule has 1 amide bonds. The van der Waals surface area contributed by atoms with Crippen molar-refractivity contribution in [2.45, 2.75) is 24.7 Å². The molecule has 6 nitrogen and oxygen atoms in total. The van der Waals surface area contributed by atoms with Gasteiger partial charge >= 0.3 is 0 Å². The maximum Gasteiger partial charge on any atom is 0.243 e. The molecule has 1 unspecified atom stereocenters. The molecule has 1 aliphatic heterocycles. The summed E-state index contributed by atoms with van der Waals surface area (Å²) < 4.78 is 32.6. The fourth-order valence-corrected chi connectivity index (χ4v) is 5.08. The molecule has 1 atom stereocenters. The lowest BCUT2D eigenvalue weighted by molar-refractivity contribution is -0.123. The van der Waals surface area contributed by atoms with Crippen molar-refractivity contribution in [3.05, 3.63) is 54.6 Å². The molecule has 28 heavy (non-hydrogen) atoms. The first kappa shape index (κ1) is 20.4. The molecule has 0 N–H and O–H groups in total. The number of nitrogens with zero attached hydrogens (tertiary/aromatic N) is 2. The van der Waals surface area contributed by atoms with Gasteiger partial charge < -0.3 is 9.64 Å². The van der Waals surface area contributed by atoms with E-state index in [9.17, 15) is 13.2 Å². The Kier molecular flexibility index (Phi) is 6.36. The number of rotatable bonds is 6. The first-order chi connectivity index (χ1) is 13.5. The third kappa shape index (κ3) is 4.20. The van der Waals surface area contributed by atoms with Crippen LogP contribution in [0.4, 0.5) is 5.69 Å². The van der Waals surface area contributed by atoms with Crippen molar-refractivity contribution in [2.75, 3.05) is 31.6 Å². The Morgan fingerprint density at radius 1 is 1.14 bits per heavy atom. The quantitative estimate of drug-likeness (QED) is 0.744. The lowest BCUT2D eigenvalue weighted by atomic mass is 9.97. The zero-order chi connectivity index (χ0) is 20.1. The van der Waals surface area contributed by atoms with Crippen LogP contribution in [0.2, 0.25) is 0 Å². The fraction of sp³-hybridized carbons (Fsp3) is 0.381. The van der Waals surface area contributed by atoms with Crippen molar-refractivity contribution in [2.24, 2.45) is 5.92 Å². The average Bonchev–Trinajstić information content (AvgIpc) is 2.75. The lowest BCUT2D eigenvalue weighted by Crippen LogP contribution is -2.46. The summed E-state index contributed by atoms with van der Waals surface area (Å²) in [5.74, 6) is 0.234. The normalized spacial score (nSPS) is 17.9. The van der Waals surface area contributed by atoms with Crippen LogP contribution in [-0.4, -0.2) is 45.4 Å². The predicted octanol–water partition coefficient (Wildman–Crippen LogP) is 3.15. The summed E-state index contributed by atoms with van der Waals surface area (Å²) in [6, 6.07) is 15.8. The van der Waals surface area contributed by atoms with Crippen LogP contribution >= 0.6 is 0 Å². The van der Waals surface area contributed by atoms with Crippen LogP contribution in [0, 0.1) is 5.92 Å². The van der Waals surface area contributed by atoms with E-state index in [0.717, 1.165) is 5.69 Å². The number of hydrogen-bond donors (Lipinski definition) is 0. The number of sulfonamides is 1. The van der Waals surface area contributed by atoms with Crippen LogP contribution in [0.5, 0.6) is 5.75 Å². The van der Waals surface area contributed by atoms with Gasteiger partial charge in [0, 0.05) is 25.3 Å². The minimum absolute atomic E-state index is 0.0247. The average molecular weight is 403 g/mol. The Bertz CT molecular complexity index is 898. The molecule has 0 aromatic heterocycles. The fourth-order valence-electron chi connectivity index (χ4n) is 3.55. The largest absolute Gasteiger partial charge is 0.497 e. The van der Waals surface area contributed by atoms with Crippen molar-refractivity contribution in [1.82, 2.24) is 4.31 Å². The molecule has 0 bridgehead atoms. The van der Waals surface area contributed by atoms with Crippen LogP contribution in [0.25, 0.3) is 0 Å². The van der Waals surface area contributed by atoms with E-state index in [2.05, 4.69) is 0 Å². The van der Waals surface area contributed by atoms with E-state index in [4.69, 9.17) is 4.74 Å². The highest BCUT2D eigenvalue weighted by Gasteiger charge is 2.35. The molecule has 1 aliphatic rings. The predicted molar refractivity (Wildman–Crippen MR) is 109 cm³/mol. The summed E-state index contributed by atoms with van der Waals surface area (Å²) in [5, 5.41) is 0. The third-order valence-corrected chi connectivity index (χ3v) is 6.96. The van der Waals surface area contributed by atoms with E-state index >= 15 is 0 Å². The number of anilines is 1. The van der Waals surface area contributed by atoms with Crippen molar-refractivity contribution >= 4 is 21.6 Å². The van der Waals surface area contributed by atoms with Crippen LogP contribution in [0.15, 0.2) is 59.5 Å². The van der Waals surface area contributed by atoms with E-state index in [1.165, 1.54) is 11.4 Å². The van der Waals surface area contributed by atoms with Gasteiger partial charge in [0.05, 0.1) is 17.9 Å². The topological polar surface area (TPSA) is 66.9 Å². The highest BCUT2D eigenvalue weighted by atomic mass is 32.2. The molecule has 3 rings (SSSR count). The Morgan fingerprint density at radius 3 is 2.43 bits per heavy atom. The van der Waals surface area contributed by atoms with E-state index in [1.54, 1.807) is 29.2 Å². The number of amides is 1. The van der Waals surface area contributed by atoms with Gasteiger partial charge in [0.1, 0.15) is 5.75 Å². The second-order valence-electron chi connectivity index (χ2n) is 6.80. The molecule has 1 heterocycles. The zero-order valence-electron chi connectivity index (χ0n) is 16.2. The van der Waals surface area contributed by atoms with Crippen LogP contribution in [-0.2, 0) is 14.8 Å². The highest BCUT2D eigenvalue weighted by molar-refractivity contribution is 7.89. The first-order valence-corrected chi connectivity index (χ1v) is 10.9. The molecule has 2 aromatic carbocycles. The summed E-state index contributed by atoms with van der Waals surface area (Å²) in [7, 11) is -2.11. The van der Waals surface area contributed by atoms with Crippen LogP contribution in [0.3, 0.4) is 0 Å². The Hall–Kier alpha value is -2.38. The van der Waals surface area contributed by atoms with E-state index < -0.39 is 10.0 Å². The van der Waals surface area contributed by atoms with Gasteiger partial charge in [-0.15, -0.1) is 0 Å². The molecule has 0 radical (unpaired) electrons. The smallest absolute Gasteiger partial charge is 0.243 e. The number of para-hydroxylation sites is 1. The SMILES string of the molecule is CCN(C(=O)C1CCCN(S(=O)(=O)c2ccc(OC)cc2)C1)c1ccccc1. The van der Waals surface area contributed by atoms with Gasteiger partial charge in [0.25, 0.3) is 0 Å². The van der Waals surface area contributed by atoms with Gasteiger partial charge in [-0.3, -0.25) is 4.79 Å². The summed E-state index contributed by atoms with van der Waals surface area (Å²) in [6.07, 6.45) is 1.36. The van der Waals surface area contributed by atoms with Crippen molar-refractivity contribution in [3.8, 4) is 5.75 Å². The molecule has 0 saturated carbocycles. The minimum Gasteiger partial charge on any atom is -0.497 e. The number of carbonyl (C=O) groups excluding carboxylic acids is 1. The van der Waals surface area contributed by atoms with Crippen molar-refractivity contribution in [1.29, 1.82) is 0 Å². The van der Waals surface area contributed by atoms with Gasteiger partial charge in [-0.2, -0.15) is 4.31 Å². The number of methoxy groups -OCH3 is 1. The molecule has 1 saturated heterocycles. The monoisotopic (exact) mass is 402 g/mol. The molecule has 2 aromatic rings. The second-order valence-corrected chi connectivity index (χ2v) is 8.73. The first-order valence-electron chi connectivity index (χ1n) is 9.48. The number of benzene rings is 2. The van der Waals surface area contributed by atoms with Gasteiger partial charge in [0.2, 0.25) is 15.9 Å². The minimum atomic E-state index is -3.64. The Morgan fingerprint density at radius 2 is 1.82 bits per heavy atom. The van der Waals surface area contributed by atoms with Crippen LogP contribution < -0.4 is 9.64 Å². The molecule has 1 fully saturated rings. The summed E-state index contributed by atoms with van der Waals surface area (Å²) in [6.45, 7) is 3.11. The summed E-state index contributed by atoms with van der Waals surface area (Å²) in [5.41, 5.74) is 0.838. The zero-order valence-corrected chi connectivity index (χ0v) is 17.1. The van der Waals surface area contributed by atoms with Gasteiger partial charge in [-0.25, -0.2) is 8.42 Å². The second kappa shape index (κ2) is 8.75. The Labute approximate surface area is 166 Å². The van der Waals surface area contributed by atoms with E-state index in [1.807, 2.05) is 37.3 Å². The number of carbonyl (C=O) groups is 1. The van der Waals surface area contributed by atoms with Crippen molar-refractivity contribution in [3.63, 3.8) is 0 Å². The summed E-state index contributed by atoms with van der Waals surface area (Å²) >= 11 is 0. The number of piperidine rings is 1. The molecule has 7 heteroatoms. The van der Waals surface area contributed by atoms with Gasteiger partial charge in [-0.05, 0) is 56.2 Å². The Balaban J connectivity index is 1.78. The van der Waals surface area contributed by atoms with Crippen molar-refractivity contribution < 1.29 is 17.9 Å². The molecule has 0 spiro atoms. The lowest BCUT2D eigenvalue weighted by Gasteiger charge is -2.34. The number of hydrogen-bond acceptors (Lipinski definition) is 4. The van der Waals surface area contributed by atoms with Crippen LogP contribution in [0.1, 0.15) is 19.8 Å². The molecule has 150 valence electrons. The molecule has 0 aliphatic carbocycles. The van der Waals surface area contributed by atoms with E-state index in [-0.39, 0.29) is 23.3 Å². The maximum absolute atomic E-state index is 13.1. The van der Waals surface area contributed by atoms with E-state index in [0.29, 0.717) is 31.7 Å². The van der Waals surface area contributed by atoms with Gasteiger partial charge in [0.15, 0.2) is 0 Å². The van der Waals surface area contributed by atoms with Gasteiger partial charge in [-0.1, -0.05) is 18.2 Å². The molecular weight excluding hydrogens is 376 g/mol. The maximum atomic E-state index is 13.1. The highest BCUT2D eigenvalue weighted by Crippen LogP contribution is 2.27.